The van der Waals surface area contributed by atoms with Crippen LogP contribution in [0.2, 0.25) is 0 Å². The molecular weight excluding hydrogens is 443 g/mol. The van der Waals surface area contributed by atoms with E-state index in [0.717, 1.165) is 24.7 Å². The number of ether oxygens (including phenoxy) is 1. The van der Waals surface area contributed by atoms with Gasteiger partial charge < -0.3 is 19.8 Å². The first-order chi connectivity index (χ1) is 11.9. The lowest BCUT2D eigenvalue weighted by Crippen LogP contribution is -2.68. The number of nitrogens with zero attached hydrogens (tertiary/aromatic N) is 2. The van der Waals surface area contributed by atoms with Crippen LogP contribution in [0, 0.1) is 5.41 Å². The Labute approximate surface area is 174 Å². The highest BCUT2D eigenvalue weighted by atomic mass is 127. The summed E-state index contributed by atoms with van der Waals surface area (Å²) in [5, 5.41) is 6.91. The molecule has 0 aliphatic heterocycles. The van der Waals surface area contributed by atoms with E-state index in [-0.39, 0.29) is 29.4 Å². The lowest BCUT2D eigenvalue weighted by molar-refractivity contribution is -0.168. The molecule has 2 saturated carbocycles. The number of aromatic nitrogens is 1. The Morgan fingerprint density at radius 1 is 1.42 bits per heavy atom. The highest BCUT2D eigenvalue weighted by Gasteiger charge is 2.59. The first-order valence-electron chi connectivity index (χ1n) is 9.43. The third-order valence-electron chi connectivity index (χ3n) is 5.67. The van der Waals surface area contributed by atoms with E-state index in [2.05, 4.69) is 48.3 Å². The molecule has 7 heteroatoms. The van der Waals surface area contributed by atoms with Gasteiger partial charge in [0.2, 0.25) is 5.89 Å². The van der Waals surface area contributed by atoms with Gasteiger partial charge in [0.25, 0.3) is 0 Å². The summed E-state index contributed by atoms with van der Waals surface area (Å²) in [5.74, 6) is 2.40. The second kappa shape index (κ2) is 8.46. The van der Waals surface area contributed by atoms with Crippen LogP contribution in [0.4, 0.5) is 0 Å². The van der Waals surface area contributed by atoms with Gasteiger partial charge in [0.05, 0.1) is 18.8 Å². The van der Waals surface area contributed by atoms with Crippen molar-refractivity contribution in [2.24, 2.45) is 10.4 Å². The molecule has 0 bridgehead atoms. The second-order valence-electron chi connectivity index (χ2n) is 8.26. The Balaban J connectivity index is 0.00000243. The Morgan fingerprint density at radius 3 is 2.65 bits per heavy atom. The van der Waals surface area contributed by atoms with Crippen molar-refractivity contribution in [3.05, 3.63) is 17.8 Å². The fourth-order valence-corrected chi connectivity index (χ4v) is 3.90. The van der Waals surface area contributed by atoms with Gasteiger partial charge >= 0.3 is 0 Å². The van der Waals surface area contributed by atoms with Gasteiger partial charge in [-0.05, 0) is 26.2 Å². The number of hydrogen-bond donors (Lipinski definition) is 2. The van der Waals surface area contributed by atoms with Crippen molar-refractivity contribution in [2.45, 2.75) is 77.5 Å². The number of rotatable bonds is 5. The van der Waals surface area contributed by atoms with Gasteiger partial charge in [-0.1, -0.05) is 27.2 Å². The van der Waals surface area contributed by atoms with E-state index in [4.69, 9.17) is 9.15 Å². The molecule has 1 aromatic heterocycles. The summed E-state index contributed by atoms with van der Waals surface area (Å²) in [6, 6.07) is 0.443. The van der Waals surface area contributed by atoms with Crippen LogP contribution in [-0.2, 0) is 16.7 Å². The predicted octanol–water partition coefficient (Wildman–Crippen LogP) is 3.60. The third kappa shape index (κ3) is 4.18. The predicted molar refractivity (Wildman–Crippen MR) is 114 cm³/mol. The van der Waals surface area contributed by atoms with Crippen molar-refractivity contribution < 1.29 is 9.15 Å². The van der Waals surface area contributed by atoms with E-state index in [1.807, 2.05) is 6.20 Å². The molecule has 0 amide bonds. The second-order valence-corrected chi connectivity index (χ2v) is 8.26. The van der Waals surface area contributed by atoms with Crippen molar-refractivity contribution in [1.29, 1.82) is 0 Å². The van der Waals surface area contributed by atoms with Gasteiger partial charge in [-0.2, -0.15) is 0 Å². The summed E-state index contributed by atoms with van der Waals surface area (Å²) in [5.41, 5.74) is 0.290. The summed E-state index contributed by atoms with van der Waals surface area (Å²) in [4.78, 5) is 8.72. The first-order valence-corrected chi connectivity index (χ1v) is 9.43. The quantitative estimate of drug-likeness (QED) is 0.386. The SMILES string of the molecule is CCOC1CC(NC(=NC)NCc2ncc(C(C)(C)C)o2)C12CCC2.I. The summed E-state index contributed by atoms with van der Waals surface area (Å²) in [7, 11) is 1.80. The highest BCUT2D eigenvalue weighted by molar-refractivity contribution is 14.0. The van der Waals surface area contributed by atoms with Crippen LogP contribution in [0.1, 0.15) is 65.0 Å². The van der Waals surface area contributed by atoms with Crippen molar-refractivity contribution >= 4 is 29.9 Å². The van der Waals surface area contributed by atoms with Crippen LogP contribution in [0.25, 0.3) is 0 Å². The topological polar surface area (TPSA) is 71.7 Å². The van der Waals surface area contributed by atoms with Crippen molar-refractivity contribution in [3.8, 4) is 0 Å². The zero-order valence-corrected chi connectivity index (χ0v) is 18.9. The van der Waals surface area contributed by atoms with E-state index in [1.165, 1.54) is 19.3 Å². The van der Waals surface area contributed by atoms with Crippen LogP contribution < -0.4 is 10.6 Å². The minimum Gasteiger partial charge on any atom is -0.443 e. The summed E-state index contributed by atoms with van der Waals surface area (Å²) >= 11 is 0. The van der Waals surface area contributed by atoms with Gasteiger partial charge in [-0.25, -0.2) is 4.98 Å². The minimum absolute atomic E-state index is 0. The lowest BCUT2D eigenvalue weighted by atomic mass is 9.51. The molecule has 1 aromatic rings. The third-order valence-corrected chi connectivity index (χ3v) is 5.67. The maximum atomic E-state index is 5.92. The molecule has 0 saturated heterocycles. The Hall–Kier alpha value is -0.830. The maximum absolute atomic E-state index is 5.92. The largest absolute Gasteiger partial charge is 0.443 e. The van der Waals surface area contributed by atoms with Crippen LogP contribution in [0.15, 0.2) is 15.6 Å². The summed E-state index contributed by atoms with van der Waals surface area (Å²) in [6.07, 6.45) is 7.08. The van der Waals surface area contributed by atoms with Gasteiger partial charge in [0, 0.05) is 30.5 Å². The standard InChI is InChI=1S/C19H32N4O2.HI/c1-6-24-14-10-13(19(14)8-7-9-19)23-17(20-5)22-12-16-21-11-15(25-16)18(2,3)4;/h11,13-14H,6-10,12H2,1-5H3,(H2,20,22,23);1H. The summed E-state index contributed by atoms with van der Waals surface area (Å²) < 4.78 is 11.8. The van der Waals surface area contributed by atoms with E-state index in [1.54, 1.807) is 7.05 Å². The van der Waals surface area contributed by atoms with Crippen molar-refractivity contribution in [1.82, 2.24) is 15.6 Å². The van der Waals surface area contributed by atoms with Crippen LogP contribution >= 0.6 is 24.0 Å². The van der Waals surface area contributed by atoms with Crippen molar-refractivity contribution in [2.75, 3.05) is 13.7 Å². The van der Waals surface area contributed by atoms with Gasteiger partial charge in [-0.15, -0.1) is 24.0 Å². The van der Waals surface area contributed by atoms with E-state index < -0.39 is 0 Å². The van der Waals surface area contributed by atoms with Crippen LogP contribution in [-0.4, -0.2) is 36.7 Å². The molecule has 2 aliphatic rings. The maximum Gasteiger partial charge on any atom is 0.213 e. The van der Waals surface area contributed by atoms with Gasteiger partial charge in [-0.3, -0.25) is 4.99 Å². The molecule has 26 heavy (non-hydrogen) atoms. The van der Waals surface area contributed by atoms with Gasteiger partial charge in [0.1, 0.15) is 5.76 Å². The summed E-state index contributed by atoms with van der Waals surface area (Å²) in [6.45, 7) is 9.77. The number of aliphatic imine (C=N–C) groups is 1. The molecule has 1 heterocycles. The molecule has 2 aliphatic carbocycles. The molecule has 2 atom stereocenters. The molecule has 2 fully saturated rings. The van der Waals surface area contributed by atoms with E-state index in [9.17, 15) is 0 Å². The number of hydrogen-bond acceptors (Lipinski definition) is 4. The zero-order chi connectivity index (χ0) is 18.1. The molecule has 3 rings (SSSR count). The van der Waals surface area contributed by atoms with Crippen LogP contribution in [0.3, 0.4) is 0 Å². The lowest BCUT2D eigenvalue weighted by Gasteiger charge is -2.61. The molecule has 1 spiro atoms. The number of oxazole rings is 1. The molecule has 0 radical (unpaired) electrons. The fourth-order valence-electron chi connectivity index (χ4n) is 3.90. The minimum atomic E-state index is -0.0258. The number of nitrogens with one attached hydrogen (secondary N) is 2. The average Bonchev–Trinajstić information content (AvgIpc) is 2.96. The Bertz CT molecular complexity index is 619. The molecule has 2 N–H and O–H groups in total. The van der Waals surface area contributed by atoms with E-state index in [0.29, 0.717) is 30.0 Å². The normalized spacial score (nSPS) is 24.4. The first kappa shape index (κ1) is 21.5. The highest BCUT2D eigenvalue weighted by Crippen LogP contribution is 2.57. The Morgan fingerprint density at radius 2 is 2.15 bits per heavy atom. The number of halogens is 1. The Kier molecular flexibility index (Phi) is 6.98. The molecule has 0 aromatic carbocycles. The molecule has 6 nitrogen and oxygen atoms in total. The zero-order valence-electron chi connectivity index (χ0n) is 16.6. The van der Waals surface area contributed by atoms with Crippen LogP contribution in [0.5, 0.6) is 0 Å². The molecule has 2 unspecified atom stereocenters. The number of guanidine groups is 1. The van der Waals surface area contributed by atoms with E-state index >= 15 is 0 Å². The average molecular weight is 476 g/mol. The van der Waals surface area contributed by atoms with Gasteiger partial charge in [0.15, 0.2) is 5.96 Å². The fraction of sp³-hybridized carbons (Fsp3) is 0.789. The molecule has 148 valence electrons. The molecular formula is C19H33IN4O2. The smallest absolute Gasteiger partial charge is 0.213 e. The monoisotopic (exact) mass is 476 g/mol. The van der Waals surface area contributed by atoms with Crippen molar-refractivity contribution in [3.63, 3.8) is 0 Å².